The van der Waals surface area contributed by atoms with E-state index in [9.17, 15) is 10.1 Å². The monoisotopic (exact) mass is 353 g/mol. The summed E-state index contributed by atoms with van der Waals surface area (Å²) in [5, 5.41) is 9.75. The maximum Gasteiger partial charge on any atom is 0.161 e. The fraction of sp³-hybridized carbons (Fsp3) is 0.400. The molecule has 1 aromatic carbocycles. The van der Waals surface area contributed by atoms with Crippen molar-refractivity contribution in [2.45, 2.75) is 32.1 Å². The number of nitriles is 1. The molecule has 0 fully saturated rings. The molecule has 6 nitrogen and oxygen atoms in total. The average Bonchev–Trinajstić information content (AvgIpc) is 2.65. The van der Waals surface area contributed by atoms with Crippen LogP contribution in [0.5, 0.6) is 11.5 Å². The summed E-state index contributed by atoms with van der Waals surface area (Å²) < 4.78 is 11.0. The van der Waals surface area contributed by atoms with E-state index >= 15 is 0 Å². The van der Waals surface area contributed by atoms with Gasteiger partial charge in [-0.1, -0.05) is 6.07 Å². The van der Waals surface area contributed by atoms with Gasteiger partial charge in [-0.3, -0.25) is 4.79 Å². The highest BCUT2D eigenvalue weighted by Gasteiger charge is 2.38. The first-order chi connectivity index (χ1) is 12.5. The van der Waals surface area contributed by atoms with Crippen LogP contribution in [0.3, 0.4) is 0 Å². The molecule has 0 saturated heterocycles. The Hall–Kier alpha value is -2.94. The van der Waals surface area contributed by atoms with Crippen molar-refractivity contribution in [2.75, 3.05) is 20.8 Å². The van der Waals surface area contributed by atoms with Crippen molar-refractivity contribution in [1.82, 2.24) is 4.90 Å². The zero-order valence-electron chi connectivity index (χ0n) is 15.3. The van der Waals surface area contributed by atoms with Crippen LogP contribution >= 0.6 is 0 Å². The summed E-state index contributed by atoms with van der Waals surface area (Å²) in [6.45, 7) is 2.42. The van der Waals surface area contributed by atoms with E-state index in [1.165, 1.54) is 0 Å². The summed E-state index contributed by atoms with van der Waals surface area (Å²) in [6, 6.07) is 7.74. The van der Waals surface area contributed by atoms with Gasteiger partial charge >= 0.3 is 0 Å². The van der Waals surface area contributed by atoms with E-state index in [-0.39, 0.29) is 5.78 Å². The molecule has 0 bridgehead atoms. The third-order valence-corrected chi connectivity index (χ3v) is 4.99. The average molecular weight is 353 g/mol. The maximum absolute atomic E-state index is 12.7. The lowest BCUT2D eigenvalue weighted by Crippen LogP contribution is -2.36. The second-order valence-electron chi connectivity index (χ2n) is 6.38. The van der Waals surface area contributed by atoms with Crippen molar-refractivity contribution in [3.8, 4) is 17.6 Å². The normalized spacial score (nSPS) is 20.0. The highest BCUT2D eigenvalue weighted by Crippen LogP contribution is 2.45. The fourth-order valence-electron chi connectivity index (χ4n) is 3.73. The molecular formula is C20H23N3O3. The lowest BCUT2D eigenvalue weighted by atomic mass is 9.76. The van der Waals surface area contributed by atoms with E-state index in [1.807, 2.05) is 32.2 Å². The Morgan fingerprint density at radius 1 is 1.35 bits per heavy atom. The van der Waals surface area contributed by atoms with Crippen LogP contribution in [0, 0.1) is 11.3 Å². The van der Waals surface area contributed by atoms with E-state index in [1.54, 1.807) is 12.0 Å². The molecule has 0 spiro atoms. The van der Waals surface area contributed by atoms with Crippen LogP contribution in [0.15, 0.2) is 40.9 Å². The Bertz CT molecular complexity index is 848. The van der Waals surface area contributed by atoms with Crippen LogP contribution in [0.4, 0.5) is 0 Å². The maximum atomic E-state index is 12.7. The molecule has 0 saturated carbocycles. The molecule has 136 valence electrons. The summed E-state index contributed by atoms with van der Waals surface area (Å²) in [4.78, 5) is 14.5. The zero-order valence-corrected chi connectivity index (χ0v) is 15.3. The highest BCUT2D eigenvalue weighted by atomic mass is 16.5. The van der Waals surface area contributed by atoms with Crippen LogP contribution in [-0.2, 0) is 4.79 Å². The molecule has 6 heteroatoms. The molecule has 1 aromatic rings. The van der Waals surface area contributed by atoms with Crippen molar-refractivity contribution in [1.29, 1.82) is 5.26 Å². The second kappa shape index (κ2) is 7.12. The predicted octanol–water partition coefficient (Wildman–Crippen LogP) is 2.82. The van der Waals surface area contributed by atoms with Gasteiger partial charge in [0.25, 0.3) is 0 Å². The van der Waals surface area contributed by atoms with Crippen LogP contribution in [0.2, 0.25) is 0 Å². The van der Waals surface area contributed by atoms with Crippen molar-refractivity contribution >= 4 is 5.78 Å². The topological polar surface area (TPSA) is 88.6 Å². The van der Waals surface area contributed by atoms with E-state index in [0.29, 0.717) is 41.5 Å². The molecule has 2 N–H and O–H groups in total. The first-order valence-corrected chi connectivity index (χ1v) is 8.73. The van der Waals surface area contributed by atoms with E-state index in [4.69, 9.17) is 15.2 Å². The molecule has 1 atom stereocenters. The quantitative estimate of drug-likeness (QED) is 0.895. The molecule has 0 aromatic heterocycles. The first kappa shape index (κ1) is 17.9. The molecule has 0 radical (unpaired) electrons. The standard InChI is InChI=1S/C20H23N3O3/c1-4-26-16-9-8-12(10-17(16)25-3)18-13(11-21)20(22)23(2)14-6-5-7-15(24)19(14)18/h8-10,18H,4-7,22H2,1-3H3/t18-/m1/s1. The van der Waals surface area contributed by atoms with Crippen molar-refractivity contribution < 1.29 is 14.3 Å². The first-order valence-electron chi connectivity index (χ1n) is 8.73. The molecule has 2 aliphatic rings. The number of hydrogen-bond acceptors (Lipinski definition) is 6. The minimum Gasteiger partial charge on any atom is -0.493 e. The van der Waals surface area contributed by atoms with Crippen molar-refractivity contribution in [3.05, 3.63) is 46.4 Å². The number of methoxy groups -OCH3 is 1. The molecule has 1 aliphatic carbocycles. The van der Waals surface area contributed by atoms with Crippen molar-refractivity contribution in [2.24, 2.45) is 5.73 Å². The minimum absolute atomic E-state index is 0.0798. The summed E-state index contributed by atoms with van der Waals surface area (Å²) in [6.07, 6.45) is 2.08. The summed E-state index contributed by atoms with van der Waals surface area (Å²) in [7, 11) is 3.39. The number of hydrogen-bond donors (Lipinski definition) is 1. The van der Waals surface area contributed by atoms with Gasteiger partial charge in [-0.2, -0.15) is 5.26 Å². The van der Waals surface area contributed by atoms with Gasteiger partial charge in [-0.15, -0.1) is 0 Å². The molecular weight excluding hydrogens is 330 g/mol. The number of benzene rings is 1. The Kier molecular flexibility index (Phi) is 4.90. The summed E-state index contributed by atoms with van der Waals surface area (Å²) >= 11 is 0. The number of carbonyl (C=O) groups is 1. The Morgan fingerprint density at radius 3 is 2.77 bits per heavy atom. The molecule has 0 amide bonds. The van der Waals surface area contributed by atoms with E-state index in [2.05, 4.69) is 6.07 Å². The number of allylic oxidation sites excluding steroid dienone is 3. The molecule has 3 rings (SSSR count). The number of rotatable bonds is 4. The summed E-state index contributed by atoms with van der Waals surface area (Å²) in [5.74, 6) is 1.22. The molecule has 1 heterocycles. The molecule has 0 unspecified atom stereocenters. The number of ketones is 1. The van der Waals surface area contributed by atoms with Gasteiger partial charge < -0.3 is 20.1 Å². The van der Waals surface area contributed by atoms with Gasteiger partial charge in [-0.05, 0) is 37.5 Å². The SMILES string of the molecule is CCOc1ccc([C@@H]2C(C#N)=C(N)N(C)C3=C2C(=O)CCC3)cc1OC. The van der Waals surface area contributed by atoms with Gasteiger partial charge in [0.1, 0.15) is 5.82 Å². The van der Waals surface area contributed by atoms with E-state index in [0.717, 1.165) is 24.1 Å². The van der Waals surface area contributed by atoms with Crippen molar-refractivity contribution in [3.63, 3.8) is 0 Å². The van der Waals surface area contributed by atoms with Gasteiger partial charge in [0.05, 0.1) is 31.3 Å². The lowest BCUT2D eigenvalue weighted by Gasteiger charge is -2.37. The Balaban J connectivity index is 2.18. The van der Waals surface area contributed by atoms with Crippen LogP contribution < -0.4 is 15.2 Å². The number of ether oxygens (including phenoxy) is 2. The molecule has 26 heavy (non-hydrogen) atoms. The van der Waals surface area contributed by atoms with E-state index < -0.39 is 5.92 Å². The number of carbonyl (C=O) groups excluding carboxylic acids is 1. The fourth-order valence-corrected chi connectivity index (χ4v) is 3.73. The molecule has 1 aliphatic heterocycles. The Labute approximate surface area is 153 Å². The highest BCUT2D eigenvalue weighted by molar-refractivity contribution is 5.99. The summed E-state index contributed by atoms with van der Waals surface area (Å²) in [5.41, 5.74) is 9.03. The van der Waals surface area contributed by atoms with Gasteiger partial charge in [0.2, 0.25) is 0 Å². The third kappa shape index (κ3) is 2.80. The second-order valence-corrected chi connectivity index (χ2v) is 6.38. The van der Waals surface area contributed by atoms with Gasteiger partial charge in [-0.25, -0.2) is 0 Å². The zero-order chi connectivity index (χ0) is 18.8. The van der Waals surface area contributed by atoms with Crippen LogP contribution in [0.1, 0.15) is 37.7 Å². The smallest absolute Gasteiger partial charge is 0.161 e. The number of nitrogens with zero attached hydrogens (tertiary/aromatic N) is 2. The van der Waals surface area contributed by atoms with Crippen LogP contribution in [-0.4, -0.2) is 31.4 Å². The number of Topliss-reactive ketones (excluding diaryl/α,β-unsaturated/α-hetero) is 1. The third-order valence-electron chi connectivity index (χ3n) is 4.99. The Morgan fingerprint density at radius 2 is 2.12 bits per heavy atom. The van der Waals surface area contributed by atoms with Crippen LogP contribution in [0.25, 0.3) is 0 Å². The largest absolute Gasteiger partial charge is 0.493 e. The number of nitrogens with two attached hydrogens (primary N) is 1. The minimum atomic E-state index is -0.469. The predicted molar refractivity (Wildman–Crippen MR) is 97.4 cm³/mol. The van der Waals surface area contributed by atoms with Gasteiger partial charge in [0.15, 0.2) is 17.3 Å². The van der Waals surface area contributed by atoms with Gasteiger partial charge in [0, 0.05) is 24.7 Å². The lowest BCUT2D eigenvalue weighted by molar-refractivity contribution is -0.116.